The summed E-state index contributed by atoms with van der Waals surface area (Å²) < 4.78 is 0. The quantitative estimate of drug-likeness (QED) is 0.354. The summed E-state index contributed by atoms with van der Waals surface area (Å²) in [6, 6.07) is 11.9. The second-order valence-electron chi connectivity index (χ2n) is 7.39. The molecular formula is C24H19ClN2O4. The van der Waals surface area contributed by atoms with Crippen LogP contribution in [0.25, 0.3) is 5.76 Å². The van der Waals surface area contributed by atoms with E-state index in [4.69, 9.17) is 11.6 Å². The van der Waals surface area contributed by atoms with Crippen molar-refractivity contribution in [1.29, 1.82) is 0 Å². The second kappa shape index (κ2) is 7.89. The van der Waals surface area contributed by atoms with E-state index in [9.17, 15) is 19.8 Å². The van der Waals surface area contributed by atoms with Crippen molar-refractivity contribution in [2.75, 3.05) is 4.90 Å². The summed E-state index contributed by atoms with van der Waals surface area (Å²) in [4.78, 5) is 31.4. The lowest BCUT2D eigenvalue weighted by atomic mass is 9.95. The van der Waals surface area contributed by atoms with Gasteiger partial charge in [0.25, 0.3) is 11.7 Å². The zero-order valence-electron chi connectivity index (χ0n) is 16.8. The van der Waals surface area contributed by atoms with Gasteiger partial charge in [-0.3, -0.25) is 19.5 Å². The lowest BCUT2D eigenvalue weighted by molar-refractivity contribution is -0.132. The van der Waals surface area contributed by atoms with Crippen LogP contribution in [0, 0.1) is 13.8 Å². The van der Waals surface area contributed by atoms with Crippen LogP contribution in [0.3, 0.4) is 0 Å². The van der Waals surface area contributed by atoms with Crippen molar-refractivity contribution in [3.8, 4) is 5.75 Å². The monoisotopic (exact) mass is 434 g/mol. The number of nitrogens with zero attached hydrogens (tertiary/aromatic N) is 2. The molecule has 2 aromatic carbocycles. The van der Waals surface area contributed by atoms with Crippen molar-refractivity contribution < 1.29 is 19.8 Å². The van der Waals surface area contributed by atoms with Crippen molar-refractivity contribution in [3.05, 3.63) is 93.8 Å². The van der Waals surface area contributed by atoms with Crippen molar-refractivity contribution in [1.82, 2.24) is 4.98 Å². The highest BCUT2D eigenvalue weighted by atomic mass is 35.5. The predicted octanol–water partition coefficient (Wildman–Crippen LogP) is 4.68. The smallest absolute Gasteiger partial charge is 0.300 e. The molecule has 6 nitrogen and oxygen atoms in total. The van der Waals surface area contributed by atoms with Crippen LogP contribution >= 0.6 is 11.6 Å². The normalized spacial score (nSPS) is 17.9. The number of rotatable bonds is 3. The summed E-state index contributed by atoms with van der Waals surface area (Å²) in [5.74, 6) is -2.24. The number of aryl methyl sites for hydroxylation is 2. The molecule has 0 bridgehead atoms. The minimum absolute atomic E-state index is 0.0718. The predicted molar refractivity (Wildman–Crippen MR) is 118 cm³/mol. The number of hydrogen-bond acceptors (Lipinski definition) is 5. The van der Waals surface area contributed by atoms with Gasteiger partial charge in [0, 0.05) is 23.0 Å². The summed E-state index contributed by atoms with van der Waals surface area (Å²) in [5, 5.41) is 21.8. The van der Waals surface area contributed by atoms with E-state index in [0.717, 1.165) is 16.0 Å². The largest absolute Gasteiger partial charge is 0.507 e. The number of aliphatic hydroxyl groups is 1. The first kappa shape index (κ1) is 20.6. The van der Waals surface area contributed by atoms with E-state index in [0.29, 0.717) is 11.1 Å². The number of halogens is 1. The second-order valence-corrected chi connectivity index (χ2v) is 7.82. The number of aromatic nitrogens is 1. The number of aromatic hydroxyl groups is 1. The van der Waals surface area contributed by atoms with Crippen LogP contribution in [-0.4, -0.2) is 26.9 Å². The van der Waals surface area contributed by atoms with Crippen LogP contribution in [0.4, 0.5) is 5.69 Å². The van der Waals surface area contributed by atoms with E-state index in [-0.39, 0.29) is 27.8 Å². The first-order chi connectivity index (χ1) is 14.8. The van der Waals surface area contributed by atoms with E-state index >= 15 is 0 Å². The molecule has 4 rings (SSSR count). The molecule has 0 aliphatic carbocycles. The first-order valence-corrected chi connectivity index (χ1v) is 9.94. The first-order valence-electron chi connectivity index (χ1n) is 9.56. The average molecular weight is 435 g/mol. The van der Waals surface area contributed by atoms with E-state index in [1.54, 1.807) is 30.5 Å². The zero-order chi connectivity index (χ0) is 22.3. The maximum Gasteiger partial charge on any atom is 0.300 e. The highest BCUT2D eigenvalue weighted by Crippen LogP contribution is 2.45. The molecule has 7 heteroatoms. The molecule has 1 aliphatic rings. The number of benzene rings is 2. The van der Waals surface area contributed by atoms with Gasteiger partial charge in [0.15, 0.2) is 0 Å². The molecule has 3 aromatic rings. The minimum Gasteiger partial charge on any atom is -0.507 e. The van der Waals surface area contributed by atoms with Crippen LogP contribution in [0.2, 0.25) is 5.02 Å². The Labute approximate surface area is 184 Å². The summed E-state index contributed by atoms with van der Waals surface area (Å²) >= 11 is 6.09. The summed E-state index contributed by atoms with van der Waals surface area (Å²) in [5.41, 5.74) is 2.88. The third-order valence-electron chi connectivity index (χ3n) is 5.42. The SMILES string of the molecule is Cc1ccc(/C(O)=C2\C(=O)C(=O)N(c3cc(Cl)ccc3O)C2c2cccnc2)cc1C. The van der Waals surface area contributed by atoms with Gasteiger partial charge >= 0.3 is 0 Å². The lowest BCUT2D eigenvalue weighted by Crippen LogP contribution is -2.29. The highest BCUT2D eigenvalue weighted by molar-refractivity contribution is 6.52. The Kier molecular flexibility index (Phi) is 5.25. The molecule has 1 aromatic heterocycles. The van der Waals surface area contributed by atoms with Gasteiger partial charge in [0.2, 0.25) is 0 Å². The molecule has 1 atom stereocenters. The molecule has 1 fully saturated rings. The van der Waals surface area contributed by atoms with Crippen LogP contribution < -0.4 is 4.90 Å². The number of Topliss-reactive ketones (excluding diaryl/α,β-unsaturated/α-hetero) is 1. The van der Waals surface area contributed by atoms with Gasteiger partial charge in [-0.25, -0.2) is 0 Å². The number of phenols is 1. The average Bonchev–Trinajstić information content (AvgIpc) is 3.02. The third-order valence-corrected chi connectivity index (χ3v) is 5.66. The number of phenolic OH excluding ortho intramolecular Hbond substituents is 1. The molecule has 31 heavy (non-hydrogen) atoms. The van der Waals surface area contributed by atoms with Gasteiger partial charge in [-0.1, -0.05) is 29.8 Å². The van der Waals surface area contributed by atoms with E-state index in [2.05, 4.69) is 4.98 Å². The molecule has 1 aliphatic heterocycles. The highest BCUT2D eigenvalue weighted by Gasteiger charge is 2.47. The summed E-state index contributed by atoms with van der Waals surface area (Å²) in [7, 11) is 0. The Morgan fingerprint density at radius 2 is 1.84 bits per heavy atom. The topological polar surface area (TPSA) is 90.7 Å². The number of anilines is 1. The Hall–Kier alpha value is -3.64. The molecule has 2 N–H and O–H groups in total. The molecule has 1 unspecified atom stereocenters. The van der Waals surface area contributed by atoms with Crippen molar-refractivity contribution in [2.24, 2.45) is 0 Å². The van der Waals surface area contributed by atoms with Crippen molar-refractivity contribution >= 4 is 34.7 Å². The Balaban J connectivity index is 1.98. The van der Waals surface area contributed by atoms with Crippen LogP contribution in [-0.2, 0) is 9.59 Å². The minimum atomic E-state index is -0.986. The number of carbonyl (C=O) groups is 2. The fourth-order valence-electron chi connectivity index (χ4n) is 3.67. The van der Waals surface area contributed by atoms with E-state index < -0.39 is 17.7 Å². The van der Waals surface area contributed by atoms with Gasteiger partial charge in [-0.15, -0.1) is 0 Å². The zero-order valence-corrected chi connectivity index (χ0v) is 17.6. The summed E-state index contributed by atoms with van der Waals surface area (Å²) in [6.45, 7) is 3.84. The van der Waals surface area contributed by atoms with Crippen LogP contribution in [0.15, 0.2) is 66.5 Å². The molecule has 0 spiro atoms. The van der Waals surface area contributed by atoms with Gasteiger partial charge in [-0.2, -0.15) is 0 Å². The number of carbonyl (C=O) groups excluding carboxylic acids is 2. The molecule has 2 heterocycles. The Morgan fingerprint density at radius 3 is 2.52 bits per heavy atom. The molecule has 1 saturated heterocycles. The van der Waals surface area contributed by atoms with Crippen molar-refractivity contribution in [3.63, 3.8) is 0 Å². The third kappa shape index (κ3) is 3.55. The molecule has 1 amide bonds. The Bertz CT molecular complexity index is 1240. The maximum atomic E-state index is 13.1. The van der Waals surface area contributed by atoms with Crippen LogP contribution in [0.1, 0.15) is 28.3 Å². The number of ketones is 1. The lowest BCUT2D eigenvalue weighted by Gasteiger charge is -2.26. The number of amides is 1. The van der Waals surface area contributed by atoms with Gasteiger partial charge in [-0.05, 0) is 60.9 Å². The van der Waals surface area contributed by atoms with Crippen LogP contribution in [0.5, 0.6) is 5.75 Å². The van der Waals surface area contributed by atoms with Crippen molar-refractivity contribution in [2.45, 2.75) is 19.9 Å². The summed E-state index contributed by atoms with van der Waals surface area (Å²) in [6.07, 6.45) is 3.08. The van der Waals surface area contributed by atoms with Gasteiger partial charge in [0.1, 0.15) is 11.5 Å². The fourth-order valence-corrected chi connectivity index (χ4v) is 3.83. The molecule has 156 valence electrons. The van der Waals surface area contributed by atoms with Gasteiger partial charge < -0.3 is 10.2 Å². The number of pyridine rings is 1. The molecule has 0 radical (unpaired) electrons. The van der Waals surface area contributed by atoms with E-state index in [1.807, 2.05) is 19.9 Å². The Morgan fingerprint density at radius 1 is 1.06 bits per heavy atom. The number of hydrogen-bond donors (Lipinski definition) is 2. The van der Waals surface area contributed by atoms with E-state index in [1.165, 1.54) is 24.4 Å². The number of aliphatic hydroxyl groups excluding tert-OH is 1. The standard InChI is InChI=1S/C24H19ClN2O4/c1-13-5-6-15(10-14(13)2)22(29)20-21(16-4-3-9-26-12-16)27(24(31)23(20)30)18-11-17(25)7-8-19(18)28/h3-12,21,28-29H,1-2H3/b22-20+. The molecule has 0 saturated carbocycles. The van der Waals surface area contributed by atoms with Gasteiger partial charge in [0.05, 0.1) is 17.3 Å². The fraction of sp³-hybridized carbons (Fsp3) is 0.125. The maximum absolute atomic E-state index is 13.1. The molecular weight excluding hydrogens is 416 g/mol.